The molecular formula is C21H27N7O2. The first-order valence-electron chi connectivity index (χ1n) is 10.3. The molecule has 2 fully saturated rings. The zero-order chi connectivity index (χ0) is 21.1. The second-order valence-corrected chi connectivity index (χ2v) is 7.79. The quantitative estimate of drug-likeness (QED) is 0.772. The zero-order valence-electron chi connectivity index (χ0n) is 17.2. The van der Waals surface area contributed by atoms with Gasteiger partial charge in [-0.05, 0) is 50.6 Å². The fourth-order valence-electron chi connectivity index (χ4n) is 3.85. The number of benzene rings is 1. The van der Waals surface area contributed by atoms with Gasteiger partial charge in [-0.15, -0.1) is 0 Å². The zero-order valence-corrected chi connectivity index (χ0v) is 17.2. The molecule has 1 aromatic carbocycles. The minimum absolute atomic E-state index is 0.0839. The Balaban J connectivity index is 1.54. The predicted molar refractivity (Wildman–Crippen MR) is 116 cm³/mol. The molecule has 3 heterocycles. The molecule has 2 aliphatic heterocycles. The Labute approximate surface area is 175 Å². The Morgan fingerprint density at radius 2 is 1.80 bits per heavy atom. The van der Waals surface area contributed by atoms with Gasteiger partial charge in [-0.1, -0.05) is 0 Å². The highest BCUT2D eigenvalue weighted by atomic mass is 16.2. The smallest absolute Gasteiger partial charge is 0.271 e. The Kier molecular flexibility index (Phi) is 5.80. The average Bonchev–Trinajstić information content (AvgIpc) is 2.75. The van der Waals surface area contributed by atoms with Crippen LogP contribution in [0.2, 0.25) is 0 Å². The van der Waals surface area contributed by atoms with E-state index in [9.17, 15) is 9.59 Å². The standard InChI is InChI=1S/C21H27N7O2/c1-26-11-12-28(18(29)14-26)16-7-5-15(6-8-16)24-21-19(20(22)30)23-13-17(25-21)27-9-3-2-4-10-27/h5-8,13H,2-4,9-12,14H2,1H3,(H2,22,30)(H,24,25). The molecule has 0 unspecified atom stereocenters. The van der Waals surface area contributed by atoms with Crippen molar-refractivity contribution in [3.63, 3.8) is 0 Å². The topological polar surface area (TPSA) is 108 Å². The normalized spacial score (nSPS) is 17.8. The van der Waals surface area contributed by atoms with Gasteiger partial charge in [0.1, 0.15) is 5.82 Å². The van der Waals surface area contributed by atoms with Crippen LogP contribution >= 0.6 is 0 Å². The molecule has 0 atom stereocenters. The first kappa shape index (κ1) is 20.1. The molecule has 9 heteroatoms. The highest BCUT2D eigenvalue weighted by Crippen LogP contribution is 2.25. The molecule has 0 aliphatic carbocycles. The fraction of sp³-hybridized carbons (Fsp3) is 0.429. The van der Waals surface area contributed by atoms with Crippen molar-refractivity contribution < 1.29 is 9.59 Å². The van der Waals surface area contributed by atoms with E-state index < -0.39 is 5.91 Å². The maximum absolute atomic E-state index is 12.3. The molecule has 1 aromatic heterocycles. The van der Waals surface area contributed by atoms with Crippen molar-refractivity contribution in [2.24, 2.45) is 5.73 Å². The number of nitrogens with two attached hydrogens (primary N) is 1. The van der Waals surface area contributed by atoms with E-state index in [1.165, 1.54) is 6.42 Å². The number of piperidine rings is 1. The van der Waals surface area contributed by atoms with Crippen LogP contribution in [0, 0.1) is 0 Å². The van der Waals surface area contributed by atoms with E-state index in [-0.39, 0.29) is 11.6 Å². The van der Waals surface area contributed by atoms with Crippen LogP contribution in [0.25, 0.3) is 0 Å². The van der Waals surface area contributed by atoms with E-state index in [4.69, 9.17) is 5.73 Å². The van der Waals surface area contributed by atoms with Gasteiger partial charge in [0.05, 0.1) is 12.7 Å². The molecular weight excluding hydrogens is 382 g/mol. The summed E-state index contributed by atoms with van der Waals surface area (Å²) < 4.78 is 0. The number of piperazine rings is 1. The molecule has 158 valence electrons. The molecule has 0 spiro atoms. The summed E-state index contributed by atoms with van der Waals surface area (Å²) in [6, 6.07) is 7.50. The first-order valence-corrected chi connectivity index (χ1v) is 10.3. The molecule has 2 saturated heterocycles. The number of amides is 2. The third-order valence-electron chi connectivity index (χ3n) is 5.53. The SMILES string of the molecule is CN1CCN(c2ccc(Nc3nc(N4CCCCC4)cnc3C(N)=O)cc2)C(=O)C1. The van der Waals surface area contributed by atoms with Gasteiger partial charge in [0.15, 0.2) is 11.5 Å². The Morgan fingerprint density at radius 3 is 2.47 bits per heavy atom. The largest absolute Gasteiger partial charge is 0.364 e. The number of hydrogen-bond donors (Lipinski definition) is 2. The van der Waals surface area contributed by atoms with Crippen LogP contribution in [0.4, 0.5) is 23.0 Å². The molecule has 3 N–H and O–H groups in total. The molecule has 0 radical (unpaired) electrons. The molecule has 30 heavy (non-hydrogen) atoms. The van der Waals surface area contributed by atoms with Crippen molar-refractivity contribution in [2.75, 3.05) is 54.9 Å². The highest BCUT2D eigenvalue weighted by Gasteiger charge is 2.23. The number of carbonyl (C=O) groups excluding carboxylic acids is 2. The molecule has 0 bridgehead atoms. The van der Waals surface area contributed by atoms with Crippen LogP contribution in [0.3, 0.4) is 0 Å². The first-order chi connectivity index (χ1) is 14.5. The predicted octanol–water partition coefficient (Wildman–Crippen LogP) is 1.59. The number of primary amides is 1. The molecule has 2 aliphatic rings. The van der Waals surface area contributed by atoms with E-state index in [2.05, 4.69) is 20.2 Å². The molecule has 0 saturated carbocycles. The van der Waals surface area contributed by atoms with Gasteiger partial charge in [-0.2, -0.15) is 0 Å². The lowest BCUT2D eigenvalue weighted by molar-refractivity contribution is -0.120. The molecule has 2 amide bonds. The van der Waals surface area contributed by atoms with Gasteiger partial charge in [0.25, 0.3) is 5.91 Å². The Morgan fingerprint density at radius 1 is 1.07 bits per heavy atom. The number of likely N-dealkylation sites (N-methyl/N-ethyl adjacent to an activating group) is 1. The second-order valence-electron chi connectivity index (χ2n) is 7.79. The number of carbonyl (C=O) groups is 2. The van der Waals surface area contributed by atoms with Gasteiger partial charge in [-0.25, -0.2) is 9.97 Å². The maximum atomic E-state index is 12.3. The number of aromatic nitrogens is 2. The van der Waals surface area contributed by atoms with E-state index in [1.54, 1.807) is 11.1 Å². The van der Waals surface area contributed by atoms with Gasteiger partial charge in [0.2, 0.25) is 5.91 Å². The minimum Gasteiger partial charge on any atom is -0.364 e. The molecule has 2 aromatic rings. The van der Waals surface area contributed by atoms with E-state index in [1.807, 2.05) is 36.2 Å². The number of nitrogens with zero attached hydrogens (tertiary/aromatic N) is 5. The molecule has 9 nitrogen and oxygen atoms in total. The van der Waals surface area contributed by atoms with Crippen LogP contribution < -0.4 is 20.9 Å². The van der Waals surface area contributed by atoms with Crippen LogP contribution in [0.15, 0.2) is 30.5 Å². The Bertz CT molecular complexity index is 925. The van der Waals surface area contributed by atoms with Crippen molar-refractivity contribution in [3.05, 3.63) is 36.2 Å². The van der Waals surface area contributed by atoms with E-state index in [0.29, 0.717) is 18.9 Å². The fourth-order valence-corrected chi connectivity index (χ4v) is 3.85. The van der Waals surface area contributed by atoms with E-state index in [0.717, 1.165) is 49.7 Å². The monoisotopic (exact) mass is 409 g/mol. The van der Waals surface area contributed by atoms with Gasteiger partial charge in [-0.3, -0.25) is 14.5 Å². The van der Waals surface area contributed by atoms with Crippen LogP contribution in [0.5, 0.6) is 0 Å². The minimum atomic E-state index is -0.630. The van der Waals surface area contributed by atoms with Gasteiger partial charge in [0, 0.05) is 37.6 Å². The third-order valence-corrected chi connectivity index (χ3v) is 5.53. The van der Waals surface area contributed by atoms with E-state index >= 15 is 0 Å². The summed E-state index contributed by atoms with van der Waals surface area (Å²) in [7, 11) is 1.94. The van der Waals surface area contributed by atoms with Gasteiger partial charge >= 0.3 is 0 Å². The van der Waals surface area contributed by atoms with Crippen LogP contribution in [0.1, 0.15) is 29.8 Å². The molecule has 4 rings (SSSR count). The van der Waals surface area contributed by atoms with Crippen molar-refractivity contribution in [1.29, 1.82) is 0 Å². The van der Waals surface area contributed by atoms with Gasteiger partial charge < -0.3 is 20.9 Å². The summed E-state index contributed by atoms with van der Waals surface area (Å²) in [5.74, 6) is 0.534. The summed E-state index contributed by atoms with van der Waals surface area (Å²) in [6.45, 7) is 3.78. The summed E-state index contributed by atoms with van der Waals surface area (Å²) in [5.41, 5.74) is 7.20. The lowest BCUT2D eigenvalue weighted by atomic mass is 10.1. The Hall–Kier alpha value is -3.20. The maximum Gasteiger partial charge on any atom is 0.271 e. The van der Waals surface area contributed by atoms with Crippen LogP contribution in [-0.2, 0) is 4.79 Å². The van der Waals surface area contributed by atoms with Crippen molar-refractivity contribution in [2.45, 2.75) is 19.3 Å². The van der Waals surface area contributed by atoms with Crippen molar-refractivity contribution in [1.82, 2.24) is 14.9 Å². The lowest BCUT2D eigenvalue weighted by Crippen LogP contribution is -2.48. The third kappa shape index (κ3) is 4.35. The van der Waals surface area contributed by atoms with Crippen LogP contribution in [-0.4, -0.2) is 66.5 Å². The number of nitrogens with one attached hydrogen (secondary N) is 1. The number of hydrogen-bond acceptors (Lipinski definition) is 7. The summed E-state index contributed by atoms with van der Waals surface area (Å²) in [4.78, 5) is 39.0. The lowest BCUT2D eigenvalue weighted by Gasteiger charge is -2.32. The highest BCUT2D eigenvalue weighted by molar-refractivity contribution is 5.97. The summed E-state index contributed by atoms with van der Waals surface area (Å²) >= 11 is 0. The van der Waals surface area contributed by atoms with Crippen molar-refractivity contribution in [3.8, 4) is 0 Å². The van der Waals surface area contributed by atoms with Crippen molar-refractivity contribution >= 4 is 34.8 Å². The summed E-state index contributed by atoms with van der Waals surface area (Å²) in [5, 5.41) is 3.17. The number of anilines is 4. The second kappa shape index (κ2) is 8.66. The summed E-state index contributed by atoms with van der Waals surface area (Å²) in [6.07, 6.45) is 5.07. The number of rotatable bonds is 5. The average molecular weight is 409 g/mol.